The molecule has 6 nitrogen and oxygen atoms in total. The number of aryl methyl sites for hydroxylation is 3. The van der Waals surface area contributed by atoms with E-state index in [2.05, 4.69) is 5.10 Å². The summed E-state index contributed by atoms with van der Waals surface area (Å²) < 4.78 is 26.9. The first-order chi connectivity index (χ1) is 14.7. The Morgan fingerprint density at radius 1 is 0.968 bits per heavy atom. The Bertz CT molecular complexity index is 1240. The van der Waals surface area contributed by atoms with Crippen molar-refractivity contribution >= 4 is 9.84 Å². The van der Waals surface area contributed by atoms with Crippen LogP contribution in [0, 0.1) is 6.92 Å². The molecule has 0 saturated carbocycles. The predicted octanol–water partition coefficient (Wildman–Crippen LogP) is 3.25. The van der Waals surface area contributed by atoms with E-state index >= 15 is 0 Å². The number of nitrogens with zero attached hydrogens (tertiary/aromatic N) is 2. The second kappa shape index (κ2) is 9.16. The zero-order chi connectivity index (χ0) is 22.8. The zero-order valence-corrected chi connectivity index (χ0v) is 19.3. The van der Waals surface area contributed by atoms with E-state index in [-0.39, 0.29) is 17.0 Å². The topological polar surface area (TPSA) is 95.1 Å². The van der Waals surface area contributed by atoms with Crippen molar-refractivity contribution in [2.45, 2.75) is 51.6 Å². The predicted molar refractivity (Wildman–Crippen MR) is 124 cm³/mol. The van der Waals surface area contributed by atoms with E-state index in [9.17, 15) is 13.2 Å². The Morgan fingerprint density at radius 3 is 2.03 bits per heavy atom. The van der Waals surface area contributed by atoms with Gasteiger partial charge in [0.2, 0.25) is 0 Å². The van der Waals surface area contributed by atoms with Gasteiger partial charge in [0.1, 0.15) is 4.90 Å². The molecule has 1 aromatic heterocycles. The van der Waals surface area contributed by atoms with Gasteiger partial charge in [-0.3, -0.25) is 4.79 Å². The fourth-order valence-corrected chi connectivity index (χ4v) is 5.19. The summed E-state index contributed by atoms with van der Waals surface area (Å²) in [7, 11) is -3.69. The van der Waals surface area contributed by atoms with Gasteiger partial charge in [-0.15, -0.1) is 0 Å². The number of hydrogen-bond donors (Lipinski definition) is 1. The van der Waals surface area contributed by atoms with Gasteiger partial charge in [-0.2, -0.15) is 5.10 Å². The lowest BCUT2D eigenvalue weighted by atomic mass is 9.90. The highest BCUT2D eigenvalue weighted by Crippen LogP contribution is 2.33. The second-order valence-electron chi connectivity index (χ2n) is 7.71. The van der Waals surface area contributed by atoms with Crippen molar-refractivity contribution < 1.29 is 8.42 Å². The van der Waals surface area contributed by atoms with Crippen LogP contribution < -0.4 is 11.3 Å². The summed E-state index contributed by atoms with van der Waals surface area (Å²) in [5, 5.41) is 4.37. The molecular weight excluding hydrogens is 410 g/mol. The third kappa shape index (κ3) is 4.62. The molecule has 0 fully saturated rings. The smallest absolute Gasteiger partial charge is 0.276 e. The molecule has 7 heteroatoms. The number of aromatic nitrogens is 2. The average molecular weight is 440 g/mol. The van der Waals surface area contributed by atoms with Crippen molar-refractivity contribution in [3.8, 4) is 11.1 Å². The lowest BCUT2D eigenvalue weighted by molar-refractivity contribution is 0.590. The molecule has 0 atom stereocenters. The summed E-state index contributed by atoms with van der Waals surface area (Å²) in [4.78, 5) is 13.7. The van der Waals surface area contributed by atoms with Crippen molar-refractivity contribution in [2.75, 3.05) is 6.26 Å². The van der Waals surface area contributed by atoms with Crippen molar-refractivity contribution in [3.05, 3.63) is 80.8 Å². The average Bonchev–Trinajstić information content (AvgIpc) is 2.74. The quantitative estimate of drug-likeness (QED) is 0.610. The molecule has 2 aromatic carbocycles. The highest BCUT2D eigenvalue weighted by atomic mass is 32.2. The first-order valence-electron chi connectivity index (χ1n) is 10.4. The third-order valence-electron chi connectivity index (χ3n) is 5.43. The minimum atomic E-state index is -3.69. The molecule has 0 aliphatic heterocycles. The van der Waals surface area contributed by atoms with Gasteiger partial charge in [0.15, 0.2) is 9.84 Å². The molecular formula is C24H29N3O3S. The third-order valence-corrected chi connectivity index (χ3v) is 6.67. The summed E-state index contributed by atoms with van der Waals surface area (Å²) in [6, 6.07) is 13.5. The number of rotatable bonds is 7. The fourth-order valence-electron chi connectivity index (χ4n) is 4.05. The Kier molecular flexibility index (Phi) is 6.77. The monoisotopic (exact) mass is 439 g/mol. The van der Waals surface area contributed by atoms with E-state index in [1.807, 2.05) is 56.3 Å². The van der Waals surface area contributed by atoms with Crippen LogP contribution in [0.25, 0.3) is 11.1 Å². The van der Waals surface area contributed by atoms with Crippen LogP contribution in [0.15, 0.2) is 52.2 Å². The van der Waals surface area contributed by atoms with Gasteiger partial charge in [-0.25, -0.2) is 13.1 Å². The van der Waals surface area contributed by atoms with Gasteiger partial charge < -0.3 is 5.73 Å². The van der Waals surface area contributed by atoms with Gasteiger partial charge in [-0.05, 0) is 47.6 Å². The van der Waals surface area contributed by atoms with Gasteiger partial charge in [0, 0.05) is 12.8 Å². The Balaban J connectivity index is 2.42. The highest BCUT2D eigenvalue weighted by molar-refractivity contribution is 7.90. The van der Waals surface area contributed by atoms with Crippen molar-refractivity contribution in [2.24, 2.45) is 5.73 Å². The standard InChI is InChI=1S/C24H29N3O3S/c1-5-19-12-18(14-25)13-20(6-2)21(19)22-23(31(4,29)30)16(3)26-27(24(22)28)15-17-10-8-7-9-11-17/h7-13H,5-6,14-15,25H2,1-4H3. The number of benzene rings is 2. The van der Waals surface area contributed by atoms with Crippen LogP contribution in [-0.4, -0.2) is 24.5 Å². The number of sulfone groups is 1. The number of hydrogen-bond acceptors (Lipinski definition) is 5. The normalized spacial score (nSPS) is 11.6. The molecule has 3 aromatic rings. The minimum Gasteiger partial charge on any atom is -0.326 e. The molecule has 0 bridgehead atoms. The van der Waals surface area contributed by atoms with E-state index < -0.39 is 15.4 Å². The molecule has 31 heavy (non-hydrogen) atoms. The van der Waals surface area contributed by atoms with Gasteiger partial charge in [-0.1, -0.05) is 56.3 Å². The minimum absolute atomic E-state index is 0.00621. The van der Waals surface area contributed by atoms with Crippen LogP contribution in [0.3, 0.4) is 0 Å². The van der Waals surface area contributed by atoms with Crippen LogP contribution in [-0.2, 0) is 35.8 Å². The Hall–Kier alpha value is -2.77. The maximum atomic E-state index is 13.7. The van der Waals surface area contributed by atoms with Gasteiger partial charge >= 0.3 is 0 Å². The highest BCUT2D eigenvalue weighted by Gasteiger charge is 2.27. The summed E-state index contributed by atoms with van der Waals surface area (Å²) in [5.41, 5.74) is 10.4. The maximum absolute atomic E-state index is 13.7. The SMILES string of the molecule is CCc1cc(CN)cc(CC)c1-c1c(S(C)(=O)=O)c(C)nn(Cc2ccccc2)c1=O. The van der Waals surface area contributed by atoms with Crippen LogP contribution in [0.2, 0.25) is 0 Å². The van der Waals surface area contributed by atoms with Crippen molar-refractivity contribution in [1.82, 2.24) is 9.78 Å². The molecule has 164 valence electrons. The van der Waals surface area contributed by atoms with Crippen LogP contribution in [0.1, 0.15) is 41.8 Å². The molecule has 3 rings (SSSR count). The molecule has 0 spiro atoms. The van der Waals surface area contributed by atoms with E-state index in [1.165, 1.54) is 4.68 Å². The van der Waals surface area contributed by atoms with Crippen LogP contribution in [0.4, 0.5) is 0 Å². The van der Waals surface area contributed by atoms with Crippen molar-refractivity contribution in [3.63, 3.8) is 0 Å². The van der Waals surface area contributed by atoms with E-state index in [4.69, 9.17) is 5.73 Å². The molecule has 2 N–H and O–H groups in total. The largest absolute Gasteiger partial charge is 0.326 e. The van der Waals surface area contributed by atoms with Gasteiger partial charge in [0.25, 0.3) is 5.56 Å². The zero-order valence-electron chi connectivity index (χ0n) is 18.5. The fraction of sp³-hybridized carbons (Fsp3) is 0.333. The Morgan fingerprint density at radius 2 is 1.55 bits per heavy atom. The lowest BCUT2D eigenvalue weighted by Gasteiger charge is -2.20. The molecule has 0 radical (unpaired) electrons. The molecule has 0 unspecified atom stereocenters. The maximum Gasteiger partial charge on any atom is 0.276 e. The molecule has 0 saturated heterocycles. The van der Waals surface area contributed by atoms with E-state index in [0.29, 0.717) is 30.6 Å². The Labute approximate surface area is 183 Å². The summed E-state index contributed by atoms with van der Waals surface area (Å²) >= 11 is 0. The first-order valence-corrected chi connectivity index (χ1v) is 12.3. The lowest BCUT2D eigenvalue weighted by Crippen LogP contribution is -2.29. The molecule has 0 aliphatic rings. The summed E-state index contributed by atoms with van der Waals surface area (Å²) in [6.07, 6.45) is 2.44. The van der Waals surface area contributed by atoms with Crippen molar-refractivity contribution in [1.29, 1.82) is 0 Å². The number of nitrogens with two attached hydrogens (primary N) is 1. The second-order valence-corrected chi connectivity index (χ2v) is 9.66. The summed E-state index contributed by atoms with van der Waals surface area (Å²) in [5.74, 6) is 0. The van der Waals surface area contributed by atoms with E-state index in [1.54, 1.807) is 6.92 Å². The molecule has 0 amide bonds. The first kappa shape index (κ1) is 22.9. The van der Waals surface area contributed by atoms with Crippen LogP contribution >= 0.6 is 0 Å². The van der Waals surface area contributed by atoms with Crippen LogP contribution in [0.5, 0.6) is 0 Å². The van der Waals surface area contributed by atoms with Gasteiger partial charge in [0.05, 0.1) is 17.8 Å². The molecule has 0 aliphatic carbocycles. The molecule has 1 heterocycles. The van der Waals surface area contributed by atoms with E-state index in [0.717, 1.165) is 28.5 Å². The summed E-state index contributed by atoms with van der Waals surface area (Å²) in [6.45, 7) is 6.28.